The number of esters is 2. The summed E-state index contributed by atoms with van der Waals surface area (Å²) in [6.07, 6.45) is 1.51. The van der Waals surface area contributed by atoms with Crippen LogP contribution in [0.4, 0.5) is 0 Å². The molecule has 10 heteroatoms. The van der Waals surface area contributed by atoms with Crippen LogP contribution in [-0.2, 0) is 15.9 Å². The Labute approximate surface area is 240 Å². The average molecular weight is 581 g/mol. The highest BCUT2D eigenvalue weighted by atomic mass is 32.1. The topological polar surface area (TPSA) is 104 Å². The smallest absolute Gasteiger partial charge is 0.357 e. The second-order valence-electron chi connectivity index (χ2n) is 11.0. The summed E-state index contributed by atoms with van der Waals surface area (Å²) in [5, 5.41) is 2.77. The third-order valence-corrected chi connectivity index (χ3v) is 9.39. The first-order valence-electron chi connectivity index (χ1n) is 13.5. The summed E-state index contributed by atoms with van der Waals surface area (Å²) < 4.78 is 16.9. The number of hydrogen-bond donors (Lipinski definition) is 1. The van der Waals surface area contributed by atoms with E-state index in [1.807, 2.05) is 6.92 Å². The highest BCUT2D eigenvalue weighted by molar-refractivity contribution is 7.15. The lowest BCUT2D eigenvalue weighted by Gasteiger charge is -2.18. The third kappa shape index (κ3) is 6.61. The van der Waals surface area contributed by atoms with Gasteiger partial charge in [0.15, 0.2) is 5.69 Å². The van der Waals surface area contributed by atoms with Gasteiger partial charge >= 0.3 is 11.9 Å². The molecule has 0 saturated carbocycles. The van der Waals surface area contributed by atoms with Crippen molar-refractivity contribution in [2.45, 2.75) is 52.4 Å². The summed E-state index contributed by atoms with van der Waals surface area (Å²) in [4.78, 5) is 45.7. The number of ether oxygens (including phenoxy) is 3. The number of fused-ring (bicyclic) bond motifs is 3. The van der Waals surface area contributed by atoms with Crippen LogP contribution in [0, 0.1) is 6.92 Å². The van der Waals surface area contributed by atoms with E-state index >= 15 is 0 Å². The number of nitrogens with one attached hydrogen (secondary N) is 1. The zero-order valence-corrected chi connectivity index (χ0v) is 25.8. The lowest BCUT2D eigenvalue weighted by molar-refractivity contribution is 0.0524. The van der Waals surface area contributed by atoms with Gasteiger partial charge in [-0.15, -0.1) is 11.3 Å². The lowest BCUT2D eigenvalue weighted by atomic mass is 9.94. The Kier molecular flexibility index (Phi) is 9.10. The number of rotatable bonds is 9. The van der Waals surface area contributed by atoms with Gasteiger partial charge in [0.2, 0.25) is 0 Å². The molecule has 1 N–H and O–H groups in total. The van der Waals surface area contributed by atoms with Crippen LogP contribution in [0.25, 0.3) is 21.6 Å². The van der Waals surface area contributed by atoms with E-state index in [1.54, 1.807) is 35.6 Å². The fourth-order valence-electron chi connectivity index (χ4n) is 4.43. The van der Waals surface area contributed by atoms with E-state index in [4.69, 9.17) is 14.2 Å². The van der Waals surface area contributed by atoms with E-state index in [2.05, 4.69) is 42.9 Å². The van der Waals surface area contributed by atoms with E-state index in [0.29, 0.717) is 42.2 Å². The SMILES string of the molecule is CCCNC(=O)c1ccc(-c2cc3c(cc2C(=O)OCC[Si](C)(C)C)-c2sc(C)cc2CCO3)c(C(=O)OC)n1. The highest BCUT2D eigenvalue weighted by Crippen LogP contribution is 2.44. The van der Waals surface area contributed by atoms with Crippen LogP contribution in [0.2, 0.25) is 25.7 Å². The van der Waals surface area contributed by atoms with Crippen LogP contribution < -0.4 is 10.1 Å². The molecule has 40 heavy (non-hydrogen) atoms. The maximum Gasteiger partial charge on any atom is 0.357 e. The standard InChI is InChI=1S/C30H36N2O6SSi/c1-7-11-31-28(33)24-9-8-20(26(32-24)30(35)36-3)21-17-25-23(27-19(10-12-37-25)15-18(2)39-27)16-22(21)29(34)38-13-14-40(4,5)6/h8-9,15-17H,7,10-14H2,1-6H3,(H,31,33). The van der Waals surface area contributed by atoms with Gasteiger partial charge in [-0.25, -0.2) is 14.6 Å². The van der Waals surface area contributed by atoms with Crippen molar-refractivity contribution >= 4 is 37.3 Å². The molecular formula is C30H36N2O6SSi. The number of aryl methyl sites for hydroxylation is 1. The molecule has 0 saturated heterocycles. The normalized spacial score (nSPS) is 12.4. The van der Waals surface area contributed by atoms with Crippen molar-refractivity contribution in [3.63, 3.8) is 0 Å². The van der Waals surface area contributed by atoms with E-state index in [-0.39, 0.29) is 11.4 Å². The van der Waals surface area contributed by atoms with Crippen molar-refractivity contribution in [2.24, 2.45) is 0 Å². The monoisotopic (exact) mass is 580 g/mol. The van der Waals surface area contributed by atoms with Gasteiger partial charge in [0.1, 0.15) is 11.4 Å². The number of aromatic nitrogens is 1. The fraction of sp³-hybridized carbons (Fsp3) is 0.400. The molecule has 212 valence electrons. The minimum Gasteiger partial charge on any atom is -0.493 e. The number of carbonyl (C=O) groups is 3. The van der Waals surface area contributed by atoms with Crippen molar-refractivity contribution in [3.05, 3.63) is 57.7 Å². The number of nitrogens with zero attached hydrogens (tertiary/aromatic N) is 1. The summed E-state index contributed by atoms with van der Waals surface area (Å²) in [5.41, 5.74) is 3.09. The van der Waals surface area contributed by atoms with E-state index in [0.717, 1.165) is 29.3 Å². The van der Waals surface area contributed by atoms with Gasteiger partial charge in [0, 0.05) is 47.5 Å². The summed E-state index contributed by atoms with van der Waals surface area (Å²) in [6, 6.07) is 9.71. The largest absolute Gasteiger partial charge is 0.493 e. The molecule has 0 aliphatic carbocycles. The van der Waals surface area contributed by atoms with Crippen LogP contribution in [0.5, 0.6) is 5.75 Å². The Morgan fingerprint density at radius 2 is 1.85 bits per heavy atom. The molecule has 0 fully saturated rings. The summed E-state index contributed by atoms with van der Waals surface area (Å²) in [7, 11) is -0.184. The zero-order chi connectivity index (χ0) is 29.0. The number of carbonyl (C=O) groups excluding carboxylic acids is 3. The molecule has 3 aromatic rings. The Morgan fingerprint density at radius 3 is 2.55 bits per heavy atom. The van der Waals surface area contributed by atoms with Gasteiger partial charge in [-0.1, -0.05) is 26.6 Å². The Hall–Kier alpha value is -3.50. The lowest BCUT2D eigenvalue weighted by Crippen LogP contribution is -2.26. The van der Waals surface area contributed by atoms with Crippen molar-refractivity contribution in [1.29, 1.82) is 0 Å². The van der Waals surface area contributed by atoms with Gasteiger partial charge in [-0.3, -0.25) is 4.79 Å². The predicted molar refractivity (Wildman–Crippen MR) is 159 cm³/mol. The first-order valence-corrected chi connectivity index (χ1v) is 18.0. The molecular weight excluding hydrogens is 544 g/mol. The van der Waals surface area contributed by atoms with Crippen LogP contribution in [0.1, 0.15) is 55.1 Å². The molecule has 8 nitrogen and oxygen atoms in total. The second kappa shape index (κ2) is 12.3. The molecule has 0 unspecified atom stereocenters. The molecule has 0 bridgehead atoms. The quantitative estimate of drug-likeness (QED) is 0.239. The minimum absolute atomic E-state index is 0.0657. The number of amides is 1. The van der Waals surface area contributed by atoms with Gasteiger partial charge in [-0.2, -0.15) is 0 Å². The predicted octanol–water partition coefficient (Wildman–Crippen LogP) is 6.14. The average Bonchev–Trinajstić information content (AvgIpc) is 3.21. The molecule has 0 atom stereocenters. The third-order valence-electron chi connectivity index (χ3n) is 6.56. The minimum atomic E-state index is -1.44. The summed E-state index contributed by atoms with van der Waals surface area (Å²) >= 11 is 1.66. The molecule has 3 heterocycles. The molecule has 4 rings (SSSR count). The number of benzene rings is 1. The van der Waals surface area contributed by atoms with Crippen LogP contribution >= 0.6 is 11.3 Å². The van der Waals surface area contributed by atoms with Gasteiger partial charge in [0.05, 0.1) is 25.9 Å². The van der Waals surface area contributed by atoms with Crippen LogP contribution in [-0.4, -0.2) is 57.8 Å². The highest BCUT2D eigenvalue weighted by Gasteiger charge is 2.28. The second-order valence-corrected chi connectivity index (χ2v) is 17.9. The van der Waals surface area contributed by atoms with Crippen LogP contribution in [0.3, 0.4) is 0 Å². The summed E-state index contributed by atoms with van der Waals surface area (Å²) in [5.74, 6) is -0.994. The molecule has 1 aromatic carbocycles. The number of thiophene rings is 1. The number of methoxy groups -OCH3 is 1. The molecule has 1 aliphatic rings. The number of hydrogen-bond acceptors (Lipinski definition) is 8. The Balaban J connectivity index is 1.88. The molecule has 1 aliphatic heterocycles. The summed E-state index contributed by atoms with van der Waals surface area (Å²) in [6.45, 7) is 11.9. The zero-order valence-electron chi connectivity index (χ0n) is 23.9. The number of pyridine rings is 1. The fourth-order valence-corrected chi connectivity index (χ4v) is 6.23. The Bertz CT molecular complexity index is 1440. The van der Waals surface area contributed by atoms with Gasteiger partial charge in [0.25, 0.3) is 5.91 Å². The first-order chi connectivity index (χ1) is 19.0. The van der Waals surface area contributed by atoms with Crippen molar-refractivity contribution < 1.29 is 28.6 Å². The van der Waals surface area contributed by atoms with Crippen molar-refractivity contribution in [3.8, 4) is 27.3 Å². The maximum atomic E-state index is 13.6. The molecule has 1 amide bonds. The molecule has 0 spiro atoms. The molecule has 2 aromatic heterocycles. The maximum absolute atomic E-state index is 13.6. The van der Waals surface area contributed by atoms with Gasteiger partial charge < -0.3 is 19.5 Å². The van der Waals surface area contributed by atoms with E-state index in [9.17, 15) is 14.4 Å². The first kappa shape index (κ1) is 29.5. The van der Waals surface area contributed by atoms with Crippen molar-refractivity contribution in [1.82, 2.24) is 10.3 Å². The van der Waals surface area contributed by atoms with E-state index < -0.39 is 25.9 Å². The van der Waals surface area contributed by atoms with E-state index in [1.165, 1.54) is 17.6 Å². The molecule has 0 radical (unpaired) electrons. The Morgan fingerprint density at radius 1 is 1.07 bits per heavy atom. The van der Waals surface area contributed by atoms with Crippen LogP contribution in [0.15, 0.2) is 30.3 Å². The van der Waals surface area contributed by atoms with Gasteiger partial charge in [-0.05, 0) is 55.3 Å². The van der Waals surface area contributed by atoms with Crippen molar-refractivity contribution in [2.75, 3.05) is 26.9 Å².